The summed E-state index contributed by atoms with van der Waals surface area (Å²) in [5.41, 5.74) is -0.347. The summed E-state index contributed by atoms with van der Waals surface area (Å²) in [6.07, 6.45) is -4.72. The van der Waals surface area contributed by atoms with E-state index >= 15 is 0 Å². The Labute approximate surface area is 159 Å². The smallest absolute Gasteiger partial charge is 0.296 e. The zero-order valence-electron chi connectivity index (χ0n) is 14.7. The minimum atomic E-state index is -4.72. The molecule has 2 heterocycles. The Morgan fingerprint density at radius 3 is 2.36 bits per heavy atom. The highest BCUT2D eigenvalue weighted by atomic mass is 19.4. The molecular formula is C20H13BF3N3O. The van der Waals surface area contributed by atoms with Gasteiger partial charge in [-0.2, -0.15) is 13.2 Å². The molecule has 2 radical (unpaired) electrons. The Balaban J connectivity index is 2.10. The molecule has 0 spiro atoms. The van der Waals surface area contributed by atoms with Crippen molar-refractivity contribution in [2.24, 2.45) is 0 Å². The molecule has 0 fully saturated rings. The fraction of sp³-hybridized carbons (Fsp3) is 0.100. The first kappa shape index (κ1) is 18.1. The van der Waals surface area contributed by atoms with Gasteiger partial charge in [0.15, 0.2) is 5.69 Å². The van der Waals surface area contributed by atoms with Crippen molar-refractivity contribution in [3.05, 3.63) is 76.2 Å². The molecule has 0 bridgehead atoms. The standard InChI is InChI=1S/C20H13BF3N3O/c1-11-15(13-8-5-9-14(21)10-13)17(28)19-25-18(20(22,23)24)16(27(19)26-11)12-6-3-2-4-7-12/h2-10,26H,1H3. The minimum absolute atomic E-state index is 0.206. The number of benzene rings is 2. The van der Waals surface area contributed by atoms with Crippen molar-refractivity contribution in [2.45, 2.75) is 13.1 Å². The zero-order valence-corrected chi connectivity index (χ0v) is 14.7. The van der Waals surface area contributed by atoms with Gasteiger partial charge in [0.1, 0.15) is 13.5 Å². The summed E-state index contributed by atoms with van der Waals surface area (Å²) in [4.78, 5) is 16.7. The molecule has 8 heteroatoms. The molecule has 0 amide bonds. The molecule has 4 rings (SSSR count). The number of imidazole rings is 1. The fourth-order valence-electron chi connectivity index (χ4n) is 3.29. The van der Waals surface area contributed by atoms with Crippen molar-refractivity contribution in [3.63, 3.8) is 0 Å². The van der Waals surface area contributed by atoms with Crippen molar-refractivity contribution in [3.8, 4) is 22.4 Å². The third kappa shape index (κ3) is 2.91. The Hall–Kier alpha value is -3.29. The number of halogens is 3. The molecule has 1 N–H and O–H groups in total. The van der Waals surface area contributed by atoms with E-state index in [9.17, 15) is 18.0 Å². The van der Waals surface area contributed by atoms with E-state index in [0.29, 0.717) is 22.3 Å². The number of aromatic amines is 1. The summed E-state index contributed by atoms with van der Waals surface area (Å²) < 4.78 is 42.1. The molecule has 0 aliphatic carbocycles. The van der Waals surface area contributed by atoms with Gasteiger partial charge in [-0.25, -0.2) is 9.50 Å². The zero-order chi connectivity index (χ0) is 20.1. The molecule has 0 aliphatic rings. The molecule has 2 aromatic carbocycles. The second-order valence-electron chi connectivity index (χ2n) is 6.40. The fourth-order valence-corrected chi connectivity index (χ4v) is 3.29. The number of nitrogens with zero attached hydrogens (tertiary/aromatic N) is 2. The van der Waals surface area contributed by atoms with Crippen molar-refractivity contribution in [1.29, 1.82) is 0 Å². The molecule has 0 saturated heterocycles. The lowest BCUT2D eigenvalue weighted by atomic mass is 9.92. The molecule has 138 valence electrons. The third-order valence-electron chi connectivity index (χ3n) is 4.45. The average Bonchev–Trinajstić information content (AvgIpc) is 3.02. The largest absolute Gasteiger partial charge is 0.435 e. The van der Waals surface area contributed by atoms with E-state index in [1.54, 1.807) is 49.4 Å². The number of fused-ring (bicyclic) bond motifs is 1. The van der Waals surface area contributed by atoms with Crippen LogP contribution in [0, 0.1) is 6.92 Å². The van der Waals surface area contributed by atoms with Gasteiger partial charge in [-0.3, -0.25) is 9.89 Å². The number of H-pyrrole nitrogens is 1. The van der Waals surface area contributed by atoms with Gasteiger partial charge in [0.2, 0.25) is 11.1 Å². The Morgan fingerprint density at radius 2 is 1.71 bits per heavy atom. The van der Waals surface area contributed by atoms with E-state index in [0.717, 1.165) is 4.52 Å². The van der Waals surface area contributed by atoms with E-state index in [2.05, 4.69) is 10.1 Å². The van der Waals surface area contributed by atoms with Crippen molar-refractivity contribution >= 4 is 19.0 Å². The van der Waals surface area contributed by atoms with E-state index < -0.39 is 17.3 Å². The van der Waals surface area contributed by atoms with Crippen molar-refractivity contribution in [2.75, 3.05) is 0 Å². The van der Waals surface area contributed by atoms with Crippen LogP contribution in [0.4, 0.5) is 13.2 Å². The monoisotopic (exact) mass is 379 g/mol. The Kier molecular flexibility index (Phi) is 4.14. The van der Waals surface area contributed by atoms with Gasteiger partial charge >= 0.3 is 6.18 Å². The quantitative estimate of drug-likeness (QED) is 0.543. The summed E-state index contributed by atoms with van der Waals surface area (Å²) in [6, 6.07) is 14.6. The predicted octanol–water partition coefficient (Wildman–Crippen LogP) is 3.48. The summed E-state index contributed by atoms with van der Waals surface area (Å²) in [5.74, 6) is 0. The first-order chi connectivity index (χ1) is 13.3. The maximum Gasteiger partial charge on any atom is 0.435 e. The lowest BCUT2D eigenvalue weighted by Gasteiger charge is -2.10. The number of aromatic nitrogens is 3. The van der Waals surface area contributed by atoms with Gasteiger partial charge in [0.05, 0.1) is 5.56 Å². The molecule has 0 unspecified atom stereocenters. The van der Waals surface area contributed by atoms with Gasteiger partial charge in [0, 0.05) is 11.3 Å². The van der Waals surface area contributed by atoms with Crippen LogP contribution in [0.1, 0.15) is 11.4 Å². The first-order valence-electron chi connectivity index (χ1n) is 8.41. The SMILES string of the molecule is [B]c1cccc(-c2c(C)[nH]n3c(-c4ccccc4)c(C(F)(F)F)nc3c2=O)c1. The highest BCUT2D eigenvalue weighted by molar-refractivity contribution is 6.32. The van der Waals surface area contributed by atoms with E-state index in [4.69, 9.17) is 7.85 Å². The first-order valence-corrected chi connectivity index (χ1v) is 8.41. The van der Waals surface area contributed by atoms with Crippen LogP contribution in [0.25, 0.3) is 28.0 Å². The molecule has 0 aliphatic heterocycles. The molecule has 4 nitrogen and oxygen atoms in total. The number of alkyl halides is 3. The normalized spacial score (nSPS) is 11.9. The topological polar surface area (TPSA) is 50.2 Å². The highest BCUT2D eigenvalue weighted by Crippen LogP contribution is 2.36. The number of hydrogen-bond acceptors (Lipinski definition) is 2. The number of nitrogens with one attached hydrogen (secondary N) is 1. The number of aryl methyl sites for hydroxylation is 1. The van der Waals surface area contributed by atoms with Crippen LogP contribution in [0.15, 0.2) is 59.4 Å². The molecule has 0 atom stereocenters. The van der Waals surface area contributed by atoms with Crippen LogP contribution in [0.5, 0.6) is 0 Å². The van der Waals surface area contributed by atoms with Crippen LogP contribution >= 0.6 is 0 Å². The lowest BCUT2D eigenvalue weighted by Crippen LogP contribution is -2.15. The Bertz CT molecular complexity index is 1240. The second kappa shape index (κ2) is 6.40. The molecular weight excluding hydrogens is 366 g/mol. The summed E-state index contributed by atoms with van der Waals surface area (Å²) in [6.45, 7) is 1.63. The maximum absolute atomic E-state index is 13.7. The molecule has 2 aromatic heterocycles. The number of rotatable bonds is 2. The van der Waals surface area contributed by atoms with E-state index in [1.165, 1.54) is 12.1 Å². The second-order valence-corrected chi connectivity index (χ2v) is 6.40. The molecule has 4 aromatic rings. The van der Waals surface area contributed by atoms with Crippen LogP contribution < -0.4 is 10.9 Å². The third-order valence-corrected chi connectivity index (χ3v) is 4.45. The molecule has 28 heavy (non-hydrogen) atoms. The summed E-state index contributed by atoms with van der Waals surface area (Å²) >= 11 is 0. The van der Waals surface area contributed by atoms with Crippen molar-refractivity contribution < 1.29 is 13.2 Å². The number of hydrogen-bond donors (Lipinski definition) is 1. The van der Waals surface area contributed by atoms with Crippen molar-refractivity contribution in [1.82, 2.24) is 14.6 Å². The predicted molar refractivity (Wildman–Crippen MR) is 102 cm³/mol. The minimum Gasteiger partial charge on any atom is -0.296 e. The summed E-state index contributed by atoms with van der Waals surface area (Å²) in [5, 5.41) is 2.89. The van der Waals surface area contributed by atoms with Gasteiger partial charge in [-0.15, -0.1) is 0 Å². The maximum atomic E-state index is 13.7. The van der Waals surface area contributed by atoms with Crippen LogP contribution in [-0.4, -0.2) is 22.4 Å². The summed E-state index contributed by atoms with van der Waals surface area (Å²) in [7, 11) is 5.79. The van der Waals surface area contributed by atoms with Gasteiger partial charge in [-0.1, -0.05) is 60.1 Å². The highest BCUT2D eigenvalue weighted by Gasteiger charge is 2.39. The Morgan fingerprint density at radius 1 is 1.04 bits per heavy atom. The van der Waals surface area contributed by atoms with E-state index in [-0.39, 0.29) is 16.9 Å². The molecule has 0 saturated carbocycles. The van der Waals surface area contributed by atoms with Gasteiger partial charge < -0.3 is 0 Å². The lowest BCUT2D eigenvalue weighted by molar-refractivity contribution is -0.140. The van der Waals surface area contributed by atoms with Crippen LogP contribution in [0.2, 0.25) is 0 Å². The average molecular weight is 379 g/mol. The van der Waals surface area contributed by atoms with Crippen LogP contribution in [0.3, 0.4) is 0 Å². The van der Waals surface area contributed by atoms with E-state index in [1.807, 2.05) is 0 Å². The van der Waals surface area contributed by atoms with Gasteiger partial charge in [0.25, 0.3) is 0 Å². The van der Waals surface area contributed by atoms with Gasteiger partial charge in [-0.05, 0) is 12.5 Å². The van der Waals surface area contributed by atoms with Crippen LogP contribution in [-0.2, 0) is 6.18 Å².